The Morgan fingerprint density at radius 1 is 0.642 bits per heavy atom. The molecule has 0 fully saturated rings. The van der Waals surface area contributed by atoms with Gasteiger partial charge in [-0.3, -0.25) is 13.8 Å². The average molecular weight is 770 g/mol. The van der Waals surface area contributed by atoms with Crippen LogP contribution in [0, 0.1) is 0 Å². The molecule has 0 aliphatic rings. The van der Waals surface area contributed by atoms with Crippen LogP contribution in [0.25, 0.3) is 0 Å². The number of likely N-dealkylation sites (N-methyl/N-ethyl adjacent to an activating group) is 1. The lowest BCUT2D eigenvalue weighted by molar-refractivity contribution is -0.870. The number of phosphoric acid groups is 1. The maximum atomic E-state index is 12.8. The minimum absolute atomic E-state index is 0.0605. The highest BCUT2D eigenvalue weighted by atomic mass is 31.2. The number of amides is 1. The summed E-state index contributed by atoms with van der Waals surface area (Å²) < 4.78 is 23.5. The summed E-state index contributed by atoms with van der Waals surface area (Å²) in [5.41, 5.74) is 0. The van der Waals surface area contributed by atoms with Crippen molar-refractivity contribution in [1.29, 1.82) is 0 Å². The van der Waals surface area contributed by atoms with Gasteiger partial charge in [0.25, 0.3) is 0 Å². The van der Waals surface area contributed by atoms with Gasteiger partial charge in [-0.1, -0.05) is 172 Å². The van der Waals surface area contributed by atoms with E-state index >= 15 is 0 Å². The summed E-state index contributed by atoms with van der Waals surface area (Å²) >= 11 is 0. The number of aliphatic hydroxyl groups is 1. The maximum absolute atomic E-state index is 12.8. The van der Waals surface area contributed by atoms with E-state index in [1.807, 2.05) is 27.2 Å². The number of hydrogen-bond acceptors (Lipinski definition) is 5. The van der Waals surface area contributed by atoms with Crippen LogP contribution >= 0.6 is 7.82 Å². The molecule has 0 radical (unpaired) electrons. The normalized spacial score (nSPS) is 14.8. The van der Waals surface area contributed by atoms with Crippen LogP contribution in [-0.4, -0.2) is 73.4 Å². The van der Waals surface area contributed by atoms with E-state index in [0.29, 0.717) is 17.4 Å². The summed E-state index contributed by atoms with van der Waals surface area (Å²) in [4.78, 5) is 23.1. The highest BCUT2D eigenvalue weighted by Crippen LogP contribution is 2.43. The first-order chi connectivity index (χ1) is 25.5. The van der Waals surface area contributed by atoms with Crippen molar-refractivity contribution in [2.75, 3.05) is 40.9 Å². The van der Waals surface area contributed by atoms with Gasteiger partial charge in [0.05, 0.1) is 39.9 Å². The van der Waals surface area contributed by atoms with Crippen molar-refractivity contribution in [2.24, 2.45) is 0 Å². The minimum Gasteiger partial charge on any atom is -0.387 e. The van der Waals surface area contributed by atoms with Crippen molar-refractivity contribution >= 4 is 13.7 Å². The molecule has 0 saturated carbocycles. The average Bonchev–Trinajstić information content (AvgIpc) is 3.10. The van der Waals surface area contributed by atoms with Gasteiger partial charge in [-0.25, -0.2) is 4.57 Å². The Morgan fingerprint density at radius 2 is 1.06 bits per heavy atom. The number of aliphatic hydroxyl groups excluding tert-OH is 1. The van der Waals surface area contributed by atoms with Gasteiger partial charge in [-0.05, 0) is 44.9 Å². The Morgan fingerprint density at radius 3 is 1.55 bits per heavy atom. The monoisotopic (exact) mass is 770 g/mol. The van der Waals surface area contributed by atoms with Gasteiger partial charge < -0.3 is 19.8 Å². The molecule has 0 aliphatic carbocycles. The highest BCUT2D eigenvalue weighted by Gasteiger charge is 2.27. The Bertz CT molecular complexity index is 964. The van der Waals surface area contributed by atoms with Crippen LogP contribution in [-0.2, 0) is 18.4 Å². The van der Waals surface area contributed by atoms with Gasteiger partial charge in [0, 0.05) is 6.42 Å². The molecule has 312 valence electrons. The molecular formula is C44H86N2O6P+. The number of rotatable bonds is 39. The minimum atomic E-state index is -4.33. The summed E-state index contributed by atoms with van der Waals surface area (Å²) in [7, 11) is 1.57. The second-order valence-electron chi connectivity index (χ2n) is 16.1. The number of nitrogens with one attached hydrogen (secondary N) is 1. The molecule has 3 N–H and O–H groups in total. The number of allylic oxidation sites excluding steroid dienone is 5. The van der Waals surface area contributed by atoms with E-state index in [2.05, 4.69) is 43.5 Å². The molecule has 0 aromatic carbocycles. The standard InChI is InChI=1S/C44H85N2O6P/c1-6-8-10-12-14-16-18-20-21-22-23-24-25-26-28-30-32-34-36-38-44(48)45-42(41-52-53(49,50)51-40-39-46(3,4)5)43(47)37-35-33-31-29-27-19-17-15-13-11-9-7-2/h14,16,18,20,35,37,42-43,47H,6-13,15,17,19,21-34,36,38-41H2,1-5H3,(H-,45,48,49,50)/p+1/b16-14-,20-18-,37-35+. The van der Waals surface area contributed by atoms with Crippen molar-refractivity contribution in [3.63, 3.8) is 0 Å². The van der Waals surface area contributed by atoms with Crippen LogP contribution in [0.3, 0.4) is 0 Å². The van der Waals surface area contributed by atoms with Crippen molar-refractivity contribution in [3.05, 3.63) is 36.5 Å². The maximum Gasteiger partial charge on any atom is 0.472 e. The van der Waals surface area contributed by atoms with Gasteiger partial charge >= 0.3 is 7.82 Å². The summed E-state index contributed by atoms with van der Waals surface area (Å²) in [5, 5.41) is 13.8. The van der Waals surface area contributed by atoms with Crippen LogP contribution in [0.5, 0.6) is 0 Å². The number of hydrogen-bond donors (Lipinski definition) is 3. The number of phosphoric ester groups is 1. The van der Waals surface area contributed by atoms with Gasteiger partial charge in [0.15, 0.2) is 0 Å². The molecule has 0 aromatic heterocycles. The second kappa shape index (κ2) is 36.4. The zero-order valence-corrected chi connectivity index (χ0v) is 36.1. The zero-order chi connectivity index (χ0) is 39.3. The molecule has 8 nitrogen and oxygen atoms in total. The Labute approximate surface area is 327 Å². The van der Waals surface area contributed by atoms with Gasteiger partial charge in [-0.15, -0.1) is 0 Å². The van der Waals surface area contributed by atoms with E-state index < -0.39 is 20.0 Å². The fraction of sp³-hybridized carbons (Fsp3) is 0.841. The Balaban J connectivity index is 4.39. The molecule has 3 unspecified atom stereocenters. The van der Waals surface area contributed by atoms with Crippen LogP contribution in [0.4, 0.5) is 0 Å². The lowest BCUT2D eigenvalue weighted by atomic mass is 10.0. The first-order valence-electron chi connectivity index (χ1n) is 21.9. The van der Waals surface area contributed by atoms with Gasteiger partial charge in [-0.2, -0.15) is 0 Å². The molecular weight excluding hydrogens is 683 g/mol. The number of carbonyl (C=O) groups excluding carboxylic acids is 1. The predicted molar refractivity (Wildman–Crippen MR) is 226 cm³/mol. The topological polar surface area (TPSA) is 105 Å². The van der Waals surface area contributed by atoms with Crippen LogP contribution in [0.15, 0.2) is 36.5 Å². The molecule has 3 atom stereocenters. The molecule has 53 heavy (non-hydrogen) atoms. The molecule has 0 heterocycles. The van der Waals surface area contributed by atoms with Gasteiger partial charge in [0.2, 0.25) is 5.91 Å². The molecule has 0 aromatic rings. The van der Waals surface area contributed by atoms with E-state index in [9.17, 15) is 19.4 Å². The molecule has 0 saturated heterocycles. The first kappa shape index (κ1) is 51.7. The summed E-state index contributed by atoms with van der Waals surface area (Å²) in [6.45, 7) is 4.77. The third kappa shape index (κ3) is 38.8. The SMILES string of the molecule is CCCCC/C=C\C=C/CCCCCCCCCCCCC(=O)NC(COP(=O)(O)OCC[N+](C)(C)C)C(O)/C=C/CCCCCCCCCCCC. The van der Waals surface area contributed by atoms with E-state index in [1.165, 1.54) is 128 Å². The van der Waals surface area contributed by atoms with Gasteiger partial charge in [0.1, 0.15) is 13.2 Å². The Kier molecular flexibility index (Phi) is 35.5. The Hall–Kier alpha value is -1.28. The van der Waals surface area contributed by atoms with Crippen molar-refractivity contribution in [1.82, 2.24) is 5.32 Å². The number of quaternary nitrogens is 1. The van der Waals surface area contributed by atoms with E-state index in [0.717, 1.165) is 38.5 Å². The molecule has 0 aliphatic heterocycles. The number of carbonyl (C=O) groups is 1. The third-order valence-corrected chi connectivity index (χ3v) is 10.6. The summed E-state index contributed by atoms with van der Waals surface area (Å²) in [5.74, 6) is -0.183. The molecule has 9 heteroatoms. The third-order valence-electron chi connectivity index (χ3n) is 9.63. The summed E-state index contributed by atoms with van der Waals surface area (Å²) in [6, 6.07) is -0.845. The lowest BCUT2D eigenvalue weighted by Gasteiger charge is -2.25. The smallest absolute Gasteiger partial charge is 0.387 e. The molecule has 1 amide bonds. The second-order valence-corrected chi connectivity index (χ2v) is 17.6. The van der Waals surface area contributed by atoms with Crippen molar-refractivity contribution in [3.8, 4) is 0 Å². The summed E-state index contributed by atoms with van der Waals surface area (Å²) in [6.07, 6.45) is 43.5. The first-order valence-corrected chi connectivity index (χ1v) is 23.4. The quantitative estimate of drug-likeness (QED) is 0.0189. The molecule has 0 spiro atoms. The number of unbranched alkanes of at least 4 members (excludes halogenated alkanes) is 23. The van der Waals surface area contributed by atoms with E-state index in [4.69, 9.17) is 9.05 Å². The van der Waals surface area contributed by atoms with E-state index in [-0.39, 0.29) is 19.1 Å². The zero-order valence-electron chi connectivity index (χ0n) is 35.3. The predicted octanol–water partition coefficient (Wildman–Crippen LogP) is 11.9. The van der Waals surface area contributed by atoms with Crippen molar-refractivity contribution in [2.45, 2.75) is 199 Å². The lowest BCUT2D eigenvalue weighted by Crippen LogP contribution is -2.45. The number of nitrogens with zero attached hydrogens (tertiary/aromatic N) is 1. The largest absolute Gasteiger partial charge is 0.472 e. The van der Waals surface area contributed by atoms with Crippen LogP contribution in [0.1, 0.15) is 187 Å². The molecule has 0 rings (SSSR count). The molecule has 0 bridgehead atoms. The fourth-order valence-corrected chi connectivity index (χ4v) is 6.83. The highest BCUT2D eigenvalue weighted by molar-refractivity contribution is 7.47. The van der Waals surface area contributed by atoms with Crippen LogP contribution in [0.2, 0.25) is 0 Å². The fourth-order valence-electron chi connectivity index (χ4n) is 6.09. The van der Waals surface area contributed by atoms with Crippen LogP contribution < -0.4 is 5.32 Å². The van der Waals surface area contributed by atoms with Crippen molar-refractivity contribution < 1.29 is 32.9 Å². The van der Waals surface area contributed by atoms with E-state index in [1.54, 1.807) is 6.08 Å².